The lowest BCUT2D eigenvalue weighted by molar-refractivity contribution is -0.184. The van der Waals surface area contributed by atoms with Gasteiger partial charge in [-0.05, 0) is 49.4 Å². The molecule has 1 aliphatic heterocycles. The number of nitrogen functional groups attached to an aromatic ring is 1. The van der Waals surface area contributed by atoms with E-state index in [4.69, 9.17) is 5.73 Å². The summed E-state index contributed by atoms with van der Waals surface area (Å²) < 4.78 is 0. The van der Waals surface area contributed by atoms with Crippen LogP contribution in [0.4, 0.5) is 5.69 Å². The van der Waals surface area contributed by atoms with Gasteiger partial charge in [-0.25, -0.2) is 5.06 Å². The first-order chi connectivity index (χ1) is 8.45. The largest absolute Gasteiger partial charge is 0.399 e. The van der Waals surface area contributed by atoms with Gasteiger partial charge in [-0.2, -0.15) is 0 Å². The van der Waals surface area contributed by atoms with Crippen LogP contribution < -0.4 is 5.73 Å². The molecule has 98 valence electrons. The molecule has 0 radical (unpaired) electrons. The van der Waals surface area contributed by atoms with Crippen LogP contribution in [-0.4, -0.2) is 27.8 Å². The number of aryl methyl sites for hydroxylation is 1. The molecule has 0 bridgehead atoms. The van der Waals surface area contributed by atoms with Crippen molar-refractivity contribution in [2.75, 3.05) is 12.3 Å². The molecule has 1 amide bonds. The van der Waals surface area contributed by atoms with E-state index in [2.05, 4.69) is 0 Å². The number of carbonyl (C=O) groups is 1. The molecule has 1 unspecified atom stereocenters. The topological polar surface area (TPSA) is 86.8 Å². The highest BCUT2D eigenvalue weighted by Crippen LogP contribution is 2.34. The molecule has 4 N–H and O–H groups in total. The molecule has 1 fully saturated rings. The predicted octanol–water partition coefficient (Wildman–Crippen LogP) is 1.17. The maximum absolute atomic E-state index is 12.1. The minimum atomic E-state index is -1.65. The standard InChI is InChI=1S/C13H18N2O3/c1-9-8-10(14)4-5-11(9)13(17)6-2-3-7-15(18)12(13)16/h4-5,8,17-18H,2-3,6-7,14H2,1H3. The first-order valence-electron chi connectivity index (χ1n) is 6.05. The number of rotatable bonds is 1. The van der Waals surface area contributed by atoms with E-state index < -0.39 is 11.5 Å². The van der Waals surface area contributed by atoms with Crippen LogP contribution in [0.25, 0.3) is 0 Å². The van der Waals surface area contributed by atoms with E-state index in [-0.39, 0.29) is 6.54 Å². The smallest absolute Gasteiger partial charge is 0.282 e. The monoisotopic (exact) mass is 250 g/mol. The molecule has 1 atom stereocenters. The molecular weight excluding hydrogens is 232 g/mol. The normalized spacial score (nSPS) is 25.1. The molecule has 1 aromatic rings. The molecule has 0 aliphatic carbocycles. The van der Waals surface area contributed by atoms with E-state index in [0.717, 1.165) is 5.56 Å². The lowest BCUT2D eigenvalue weighted by Crippen LogP contribution is -2.44. The van der Waals surface area contributed by atoms with Crippen molar-refractivity contribution in [2.45, 2.75) is 31.8 Å². The lowest BCUT2D eigenvalue weighted by atomic mass is 9.85. The number of nitrogens with zero attached hydrogens (tertiary/aromatic N) is 1. The first kappa shape index (κ1) is 12.9. The van der Waals surface area contributed by atoms with Crippen LogP contribution in [0.3, 0.4) is 0 Å². The third kappa shape index (κ3) is 2.07. The second kappa shape index (κ2) is 4.59. The van der Waals surface area contributed by atoms with Crippen molar-refractivity contribution >= 4 is 11.6 Å². The van der Waals surface area contributed by atoms with Crippen LogP contribution in [0.2, 0.25) is 0 Å². The summed E-state index contributed by atoms with van der Waals surface area (Å²) >= 11 is 0. The summed E-state index contributed by atoms with van der Waals surface area (Å²) in [5.74, 6) is -0.659. The Morgan fingerprint density at radius 2 is 2.11 bits per heavy atom. The number of hydroxylamine groups is 2. The quantitative estimate of drug-likeness (QED) is 0.515. The van der Waals surface area contributed by atoms with Gasteiger partial charge in [0.15, 0.2) is 5.60 Å². The number of carbonyl (C=O) groups excluding carboxylic acids is 1. The Morgan fingerprint density at radius 3 is 2.78 bits per heavy atom. The average Bonchev–Trinajstić information content (AvgIpc) is 2.43. The number of aliphatic hydroxyl groups is 1. The highest BCUT2D eigenvalue weighted by molar-refractivity contribution is 5.86. The number of benzene rings is 1. The van der Waals surface area contributed by atoms with Crippen LogP contribution >= 0.6 is 0 Å². The van der Waals surface area contributed by atoms with Gasteiger partial charge in [-0.15, -0.1) is 0 Å². The third-order valence-corrected chi connectivity index (χ3v) is 3.44. The lowest BCUT2D eigenvalue weighted by Gasteiger charge is -2.29. The van der Waals surface area contributed by atoms with Crippen molar-refractivity contribution in [3.05, 3.63) is 29.3 Å². The van der Waals surface area contributed by atoms with E-state index in [1.807, 2.05) is 0 Å². The summed E-state index contributed by atoms with van der Waals surface area (Å²) in [5.41, 5.74) is 5.87. The summed E-state index contributed by atoms with van der Waals surface area (Å²) in [6, 6.07) is 5.02. The van der Waals surface area contributed by atoms with Gasteiger partial charge < -0.3 is 10.8 Å². The van der Waals surface area contributed by atoms with E-state index in [1.54, 1.807) is 25.1 Å². The Bertz CT molecular complexity index is 475. The fraction of sp³-hybridized carbons (Fsp3) is 0.462. The second-order valence-electron chi connectivity index (χ2n) is 4.82. The van der Waals surface area contributed by atoms with Crippen LogP contribution in [0.5, 0.6) is 0 Å². The number of hydrogen-bond acceptors (Lipinski definition) is 4. The van der Waals surface area contributed by atoms with Gasteiger partial charge in [0.2, 0.25) is 0 Å². The molecule has 1 saturated heterocycles. The van der Waals surface area contributed by atoms with Crippen LogP contribution in [0.15, 0.2) is 18.2 Å². The molecule has 1 aromatic carbocycles. The van der Waals surface area contributed by atoms with Gasteiger partial charge >= 0.3 is 0 Å². The summed E-state index contributed by atoms with van der Waals surface area (Å²) in [6.07, 6.45) is 1.68. The Hall–Kier alpha value is -1.59. The first-order valence-corrected chi connectivity index (χ1v) is 6.05. The highest BCUT2D eigenvalue weighted by Gasteiger charge is 2.42. The fourth-order valence-electron chi connectivity index (χ4n) is 2.47. The molecule has 1 heterocycles. The third-order valence-electron chi connectivity index (χ3n) is 3.44. The van der Waals surface area contributed by atoms with Crippen molar-refractivity contribution in [3.63, 3.8) is 0 Å². The number of hydrogen-bond donors (Lipinski definition) is 3. The maximum Gasteiger partial charge on any atom is 0.282 e. The van der Waals surface area contributed by atoms with E-state index in [9.17, 15) is 15.1 Å². The summed E-state index contributed by atoms with van der Waals surface area (Å²) in [7, 11) is 0. The highest BCUT2D eigenvalue weighted by atomic mass is 16.5. The second-order valence-corrected chi connectivity index (χ2v) is 4.82. The molecule has 18 heavy (non-hydrogen) atoms. The molecule has 0 saturated carbocycles. The molecule has 5 nitrogen and oxygen atoms in total. The van der Waals surface area contributed by atoms with E-state index in [0.29, 0.717) is 35.6 Å². The minimum absolute atomic E-state index is 0.259. The van der Waals surface area contributed by atoms with Crippen LogP contribution in [-0.2, 0) is 10.4 Å². The zero-order chi connectivity index (χ0) is 13.3. The van der Waals surface area contributed by atoms with E-state index >= 15 is 0 Å². The predicted molar refractivity (Wildman–Crippen MR) is 66.8 cm³/mol. The average molecular weight is 250 g/mol. The summed E-state index contributed by atoms with van der Waals surface area (Å²) in [5, 5.41) is 20.9. The van der Waals surface area contributed by atoms with Gasteiger partial charge in [-0.3, -0.25) is 10.0 Å². The van der Waals surface area contributed by atoms with Crippen molar-refractivity contribution < 1.29 is 15.1 Å². The SMILES string of the molecule is Cc1cc(N)ccc1C1(O)CCCCN(O)C1=O. The van der Waals surface area contributed by atoms with Crippen molar-refractivity contribution in [1.29, 1.82) is 0 Å². The fourth-order valence-corrected chi connectivity index (χ4v) is 2.47. The number of anilines is 1. The maximum atomic E-state index is 12.1. The van der Waals surface area contributed by atoms with Gasteiger partial charge in [0.05, 0.1) is 0 Å². The Kier molecular flexibility index (Phi) is 3.28. The molecule has 1 aliphatic rings. The van der Waals surface area contributed by atoms with Gasteiger partial charge in [0.1, 0.15) is 0 Å². The van der Waals surface area contributed by atoms with Crippen LogP contribution in [0.1, 0.15) is 30.4 Å². The Balaban J connectivity index is 2.47. The van der Waals surface area contributed by atoms with Crippen molar-refractivity contribution in [2.24, 2.45) is 0 Å². The van der Waals surface area contributed by atoms with Gasteiger partial charge in [-0.1, -0.05) is 6.07 Å². The molecule has 0 aromatic heterocycles. The molecule has 5 heteroatoms. The van der Waals surface area contributed by atoms with E-state index in [1.165, 1.54) is 0 Å². The molecule has 0 spiro atoms. The number of nitrogens with two attached hydrogens (primary N) is 1. The summed E-state index contributed by atoms with van der Waals surface area (Å²) in [6.45, 7) is 2.05. The van der Waals surface area contributed by atoms with Crippen molar-refractivity contribution in [3.8, 4) is 0 Å². The minimum Gasteiger partial charge on any atom is -0.399 e. The Morgan fingerprint density at radius 1 is 1.39 bits per heavy atom. The summed E-state index contributed by atoms with van der Waals surface area (Å²) in [4.78, 5) is 12.1. The van der Waals surface area contributed by atoms with Gasteiger partial charge in [0.25, 0.3) is 5.91 Å². The Labute approximate surface area is 106 Å². The van der Waals surface area contributed by atoms with Crippen LogP contribution in [0, 0.1) is 6.92 Å². The zero-order valence-corrected chi connectivity index (χ0v) is 10.4. The molecule has 2 rings (SSSR count). The zero-order valence-electron chi connectivity index (χ0n) is 10.4. The number of amides is 1. The molecular formula is C13H18N2O3. The van der Waals surface area contributed by atoms with Crippen molar-refractivity contribution in [1.82, 2.24) is 5.06 Å². The van der Waals surface area contributed by atoms with Gasteiger partial charge in [0, 0.05) is 12.2 Å².